The molecule has 0 aromatic heterocycles. The third-order valence-corrected chi connectivity index (χ3v) is 2.65. The van der Waals surface area contributed by atoms with Gasteiger partial charge in [-0.15, -0.1) is 0 Å². The number of piperidine rings is 1. The minimum absolute atomic E-state index is 0.455. The topological polar surface area (TPSA) is 21.3 Å². The molecule has 0 spiro atoms. The van der Waals surface area contributed by atoms with Gasteiger partial charge in [0.2, 0.25) is 0 Å². The lowest BCUT2D eigenvalue weighted by Crippen LogP contribution is -2.49. The maximum absolute atomic E-state index is 5.67. The molecule has 0 saturated carbocycles. The van der Waals surface area contributed by atoms with Gasteiger partial charge in [0, 0.05) is 18.7 Å². The van der Waals surface area contributed by atoms with E-state index in [1.165, 1.54) is 19.3 Å². The smallest absolute Gasteiger partial charge is 0.0728 e. The van der Waals surface area contributed by atoms with Crippen molar-refractivity contribution in [1.82, 2.24) is 5.32 Å². The van der Waals surface area contributed by atoms with Gasteiger partial charge in [0.05, 0.1) is 6.10 Å². The molecule has 0 amide bonds. The van der Waals surface area contributed by atoms with E-state index in [4.69, 9.17) is 4.74 Å². The van der Waals surface area contributed by atoms with Gasteiger partial charge in [0.25, 0.3) is 0 Å². The zero-order chi connectivity index (χ0) is 8.97. The van der Waals surface area contributed by atoms with E-state index in [0.717, 1.165) is 6.61 Å². The molecule has 1 saturated heterocycles. The minimum Gasteiger partial charge on any atom is -0.377 e. The molecular weight excluding hydrogens is 150 g/mol. The van der Waals surface area contributed by atoms with E-state index < -0.39 is 0 Å². The Kier molecular flexibility index (Phi) is 4.02. The number of hydrogen-bond acceptors (Lipinski definition) is 2. The molecule has 3 unspecified atom stereocenters. The molecule has 72 valence electrons. The van der Waals surface area contributed by atoms with Crippen LogP contribution in [0.4, 0.5) is 0 Å². The van der Waals surface area contributed by atoms with Crippen molar-refractivity contribution >= 4 is 0 Å². The fourth-order valence-corrected chi connectivity index (χ4v) is 1.97. The summed E-state index contributed by atoms with van der Waals surface area (Å²) in [6, 6.07) is 1.25. The first-order valence-electron chi connectivity index (χ1n) is 5.15. The van der Waals surface area contributed by atoms with Crippen LogP contribution in [0.25, 0.3) is 0 Å². The second kappa shape index (κ2) is 4.83. The Hall–Kier alpha value is -0.0800. The van der Waals surface area contributed by atoms with Crippen molar-refractivity contribution in [3.05, 3.63) is 0 Å². The Bertz CT molecular complexity index is 127. The molecular formula is C10H21NO. The molecule has 2 heteroatoms. The highest BCUT2D eigenvalue weighted by atomic mass is 16.5. The zero-order valence-corrected chi connectivity index (χ0v) is 8.47. The van der Waals surface area contributed by atoms with Crippen molar-refractivity contribution in [1.29, 1.82) is 0 Å². The fraction of sp³-hybridized carbons (Fsp3) is 1.00. The predicted molar refractivity (Wildman–Crippen MR) is 51.3 cm³/mol. The van der Waals surface area contributed by atoms with Crippen molar-refractivity contribution in [3.63, 3.8) is 0 Å². The second-order valence-electron chi connectivity index (χ2n) is 3.65. The lowest BCUT2D eigenvalue weighted by Gasteiger charge is -2.35. The van der Waals surface area contributed by atoms with E-state index in [0.29, 0.717) is 18.2 Å². The first-order chi connectivity index (χ1) is 5.77. The first kappa shape index (κ1) is 10.0. The van der Waals surface area contributed by atoms with Crippen LogP contribution in [0, 0.1) is 0 Å². The molecule has 1 heterocycles. The molecule has 0 aromatic rings. The van der Waals surface area contributed by atoms with Gasteiger partial charge in [-0.25, -0.2) is 0 Å². The van der Waals surface area contributed by atoms with E-state index in [1.807, 2.05) is 0 Å². The van der Waals surface area contributed by atoms with Gasteiger partial charge in [0.1, 0.15) is 0 Å². The number of ether oxygens (including phenoxy) is 1. The van der Waals surface area contributed by atoms with Crippen LogP contribution in [-0.4, -0.2) is 24.8 Å². The summed E-state index contributed by atoms with van der Waals surface area (Å²) in [6.45, 7) is 7.40. The van der Waals surface area contributed by atoms with Gasteiger partial charge in [-0.2, -0.15) is 0 Å². The predicted octanol–water partition coefficient (Wildman–Crippen LogP) is 1.94. The minimum atomic E-state index is 0.455. The summed E-state index contributed by atoms with van der Waals surface area (Å²) < 4.78 is 5.67. The molecule has 1 rings (SSSR count). The molecule has 0 bridgehead atoms. The summed E-state index contributed by atoms with van der Waals surface area (Å²) >= 11 is 0. The largest absolute Gasteiger partial charge is 0.377 e. The van der Waals surface area contributed by atoms with Crippen LogP contribution < -0.4 is 5.32 Å². The lowest BCUT2D eigenvalue weighted by atomic mass is 9.95. The molecule has 1 aliphatic rings. The Morgan fingerprint density at radius 3 is 2.67 bits per heavy atom. The Morgan fingerprint density at radius 2 is 2.08 bits per heavy atom. The van der Waals surface area contributed by atoms with E-state index in [-0.39, 0.29) is 0 Å². The molecule has 1 aliphatic heterocycles. The highest BCUT2D eigenvalue weighted by Crippen LogP contribution is 2.18. The molecule has 1 N–H and O–H groups in total. The third kappa shape index (κ3) is 2.46. The lowest BCUT2D eigenvalue weighted by molar-refractivity contribution is 0.00643. The van der Waals surface area contributed by atoms with Crippen LogP contribution in [0.1, 0.15) is 40.0 Å². The number of rotatable bonds is 3. The average molecular weight is 171 g/mol. The Balaban J connectivity index is 2.39. The van der Waals surface area contributed by atoms with E-state index in [9.17, 15) is 0 Å². The van der Waals surface area contributed by atoms with Gasteiger partial charge in [-0.1, -0.05) is 6.92 Å². The zero-order valence-electron chi connectivity index (χ0n) is 8.47. The van der Waals surface area contributed by atoms with Crippen LogP contribution in [0.15, 0.2) is 0 Å². The van der Waals surface area contributed by atoms with Gasteiger partial charge in [0.15, 0.2) is 0 Å². The highest BCUT2D eigenvalue weighted by Gasteiger charge is 2.26. The van der Waals surface area contributed by atoms with E-state index in [1.54, 1.807) is 0 Å². The summed E-state index contributed by atoms with van der Waals surface area (Å²) in [7, 11) is 0. The summed E-state index contributed by atoms with van der Waals surface area (Å²) in [5.74, 6) is 0. The van der Waals surface area contributed by atoms with Crippen LogP contribution in [0.5, 0.6) is 0 Å². The monoisotopic (exact) mass is 171 g/mol. The Labute approximate surface area is 75.7 Å². The number of nitrogens with one attached hydrogen (secondary N) is 1. The van der Waals surface area contributed by atoms with Crippen molar-refractivity contribution in [2.24, 2.45) is 0 Å². The van der Waals surface area contributed by atoms with Crippen molar-refractivity contribution < 1.29 is 4.74 Å². The summed E-state index contributed by atoms with van der Waals surface area (Å²) in [5, 5.41) is 3.58. The van der Waals surface area contributed by atoms with E-state index in [2.05, 4.69) is 26.1 Å². The van der Waals surface area contributed by atoms with E-state index >= 15 is 0 Å². The quantitative estimate of drug-likeness (QED) is 0.700. The van der Waals surface area contributed by atoms with Gasteiger partial charge < -0.3 is 10.1 Å². The summed E-state index contributed by atoms with van der Waals surface area (Å²) in [5.41, 5.74) is 0. The molecule has 0 radical (unpaired) electrons. The molecule has 12 heavy (non-hydrogen) atoms. The third-order valence-electron chi connectivity index (χ3n) is 2.65. The van der Waals surface area contributed by atoms with Gasteiger partial charge >= 0.3 is 0 Å². The summed E-state index contributed by atoms with van der Waals surface area (Å²) in [4.78, 5) is 0. The van der Waals surface area contributed by atoms with Crippen molar-refractivity contribution in [3.8, 4) is 0 Å². The van der Waals surface area contributed by atoms with Crippen molar-refractivity contribution in [2.45, 2.75) is 58.2 Å². The fourth-order valence-electron chi connectivity index (χ4n) is 1.97. The second-order valence-corrected chi connectivity index (χ2v) is 3.65. The van der Waals surface area contributed by atoms with Crippen LogP contribution >= 0.6 is 0 Å². The van der Waals surface area contributed by atoms with Gasteiger partial charge in [-0.05, 0) is 33.1 Å². The highest BCUT2D eigenvalue weighted by molar-refractivity contribution is 4.84. The van der Waals surface area contributed by atoms with Crippen LogP contribution in [0.3, 0.4) is 0 Å². The average Bonchev–Trinajstić information content (AvgIpc) is 2.08. The maximum Gasteiger partial charge on any atom is 0.0728 e. The normalized spacial score (nSPS) is 36.8. The first-order valence-corrected chi connectivity index (χ1v) is 5.15. The summed E-state index contributed by atoms with van der Waals surface area (Å²) in [6.07, 6.45) is 4.10. The molecule has 3 atom stereocenters. The SMILES string of the molecule is CCOC1CCC(C)NC1CC. The Morgan fingerprint density at radius 1 is 1.33 bits per heavy atom. The molecule has 1 fully saturated rings. The van der Waals surface area contributed by atoms with Crippen molar-refractivity contribution in [2.75, 3.05) is 6.61 Å². The number of hydrogen-bond donors (Lipinski definition) is 1. The molecule has 2 nitrogen and oxygen atoms in total. The molecule has 0 aromatic carbocycles. The maximum atomic E-state index is 5.67. The molecule has 0 aliphatic carbocycles. The van der Waals surface area contributed by atoms with Crippen LogP contribution in [-0.2, 0) is 4.74 Å². The van der Waals surface area contributed by atoms with Gasteiger partial charge in [-0.3, -0.25) is 0 Å². The van der Waals surface area contributed by atoms with Crippen LogP contribution in [0.2, 0.25) is 0 Å². The standard InChI is InChI=1S/C10H21NO/c1-4-9-10(12-5-2)7-6-8(3)11-9/h8-11H,4-7H2,1-3H3.